The minimum absolute atomic E-state index is 0.699. The minimum Gasteiger partial charge on any atom is -0.255 e. The molecule has 0 amide bonds. The molecule has 0 aromatic carbocycles. The molecule has 1 aliphatic heterocycles. The SMILES string of the molecule is CCC(C)N1CC(C)CN1. The van der Waals surface area contributed by atoms with E-state index in [-0.39, 0.29) is 0 Å². The molecule has 0 radical (unpaired) electrons. The Morgan fingerprint density at radius 3 is 2.80 bits per heavy atom. The van der Waals surface area contributed by atoms with Crippen LogP contribution < -0.4 is 5.43 Å². The van der Waals surface area contributed by atoms with Gasteiger partial charge in [-0.25, -0.2) is 5.01 Å². The summed E-state index contributed by atoms with van der Waals surface area (Å²) in [5, 5.41) is 2.35. The van der Waals surface area contributed by atoms with Gasteiger partial charge in [0, 0.05) is 19.1 Å². The third-order valence-electron chi connectivity index (χ3n) is 2.27. The van der Waals surface area contributed by atoms with Crippen molar-refractivity contribution in [2.45, 2.75) is 33.2 Å². The molecular weight excluding hydrogens is 124 g/mol. The Morgan fingerprint density at radius 2 is 2.40 bits per heavy atom. The summed E-state index contributed by atoms with van der Waals surface area (Å²) in [5.41, 5.74) is 3.39. The van der Waals surface area contributed by atoms with Gasteiger partial charge in [-0.15, -0.1) is 0 Å². The van der Waals surface area contributed by atoms with Gasteiger partial charge < -0.3 is 0 Å². The third-order valence-corrected chi connectivity index (χ3v) is 2.27. The molecular formula is C8H18N2. The second-order valence-electron chi connectivity index (χ2n) is 3.38. The van der Waals surface area contributed by atoms with Crippen molar-refractivity contribution in [3.63, 3.8) is 0 Å². The van der Waals surface area contributed by atoms with Gasteiger partial charge >= 0.3 is 0 Å². The Balaban J connectivity index is 2.29. The maximum absolute atomic E-state index is 3.39. The zero-order chi connectivity index (χ0) is 7.56. The van der Waals surface area contributed by atoms with Gasteiger partial charge in [-0.3, -0.25) is 5.43 Å². The molecule has 0 spiro atoms. The molecule has 1 aliphatic rings. The molecule has 1 rings (SSSR count). The molecule has 2 nitrogen and oxygen atoms in total. The number of rotatable bonds is 2. The highest BCUT2D eigenvalue weighted by molar-refractivity contribution is 4.72. The van der Waals surface area contributed by atoms with E-state index in [4.69, 9.17) is 0 Å². The lowest BCUT2D eigenvalue weighted by Crippen LogP contribution is -2.38. The van der Waals surface area contributed by atoms with E-state index < -0.39 is 0 Å². The van der Waals surface area contributed by atoms with Crippen molar-refractivity contribution in [1.82, 2.24) is 10.4 Å². The van der Waals surface area contributed by atoms with Gasteiger partial charge in [-0.2, -0.15) is 0 Å². The Hall–Kier alpha value is -0.0800. The first-order valence-electron chi connectivity index (χ1n) is 4.24. The molecule has 1 heterocycles. The van der Waals surface area contributed by atoms with E-state index in [0.29, 0.717) is 6.04 Å². The Morgan fingerprint density at radius 1 is 1.70 bits per heavy atom. The number of hydrogen-bond donors (Lipinski definition) is 1. The smallest absolute Gasteiger partial charge is 0.0212 e. The summed E-state index contributed by atoms with van der Waals surface area (Å²) >= 11 is 0. The standard InChI is InChI=1S/C8H18N2/c1-4-8(3)10-6-7(2)5-9-10/h7-9H,4-6H2,1-3H3. The number of hydrogen-bond acceptors (Lipinski definition) is 2. The summed E-state index contributed by atoms with van der Waals surface area (Å²) in [6.45, 7) is 9.16. The maximum Gasteiger partial charge on any atom is 0.0212 e. The predicted octanol–water partition coefficient (Wildman–Crippen LogP) is 1.24. The van der Waals surface area contributed by atoms with Crippen LogP contribution in [0.15, 0.2) is 0 Å². The highest BCUT2D eigenvalue weighted by Crippen LogP contribution is 2.09. The lowest BCUT2D eigenvalue weighted by Gasteiger charge is -2.22. The quantitative estimate of drug-likeness (QED) is 0.624. The summed E-state index contributed by atoms with van der Waals surface area (Å²) in [6.07, 6.45) is 1.24. The summed E-state index contributed by atoms with van der Waals surface area (Å²) in [7, 11) is 0. The molecule has 0 aromatic rings. The van der Waals surface area contributed by atoms with Gasteiger partial charge in [0.15, 0.2) is 0 Å². The molecule has 1 N–H and O–H groups in total. The molecule has 1 saturated heterocycles. The van der Waals surface area contributed by atoms with Crippen LogP contribution in [0, 0.1) is 5.92 Å². The molecule has 0 saturated carbocycles. The first-order valence-corrected chi connectivity index (χ1v) is 4.24. The Kier molecular flexibility index (Phi) is 2.69. The molecule has 2 atom stereocenters. The van der Waals surface area contributed by atoms with Gasteiger partial charge in [-0.05, 0) is 19.3 Å². The fraction of sp³-hybridized carbons (Fsp3) is 1.00. The van der Waals surface area contributed by atoms with Crippen molar-refractivity contribution in [3.05, 3.63) is 0 Å². The van der Waals surface area contributed by atoms with Crippen molar-refractivity contribution in [3.8, 4) is 0 Å². The Bertz CT molecular complexity index is 103. The topological polar surface area (TPSA) is 15.3 Å². The van der Waals surface area contributed by atoms with Crippen molar-refractivity contribution in [1.29, 1.82) is 0 Å². The highest BCUT2D eigenvalue weighted by atomic mass is 15.5. The summed E-state index contributed by atoms with van der Waals surface area (Å²) in [5.74, 6) is 0.828. The maximum atomic E-state index is 3.39. The summed E-state index contributed by atoms with van der Waals surface area (Å²) < 4.78 is 0. The number of hydrazine groups is 1. The molecule has 0 bridgehead atoms. The lowest BCUT2D eigenvalue weighted by molar-refractivity contribution is 0.179. The van der Waals surface area contributed by atoms with E-state index in [2.05, 4.69) is 31.2 Å². The largest absolute Gasteiger partial charge is 0.255 e. The van der Waals surface area contributed by atoms with Crippen molar-refractivity contribution in [2.75, 3.05) is 13.1 Å². The van der Waals surface area contributed by atoms with Crippen LogP contribution in [0.2, 0.25) is 0 Å². The second-order valence-corrected chi connectivity index (χ2v) is 3.38. The van der Waals surface area contributed by atoms with E-state index in [0.717, 1.165) is 12.5 Å². The minimum atomic E-state index is 0.699. The zero-order valence-corrected chi connectivity index (χ0v) is 7.22. The number of nitrogens with zero attached hydrogens (tertiary/aromatic N) is 1. The van der Waals surface area contributed by atoms with Gasteiger partial charge in [0.25, 0.3) is 0 Å². The third kappa shape index (κ3) is 1.70. The highest BCUT2D eigenvalue weighted by Gasteiger charge is 2.20. The van der Waals surface area contributed by atoms with E-state index in [1.54, 1.807) is 0 Å². The van der Waals surface area contributed by atoms with Crippen LogP contribution in [0.3, 0.4) is 0 Å². The van der Waals surface area contributed by atoms with E-state index in [9.17, 15) is 0 Å². The van der Waals surface area contributed by atoms with Gasteiger partial charge in [-0.1, -0.05) is 13.8 Å². The summed E-state index contributed by atoms with van der Waals surface area (Å²) in [6, 6.07) is 0.699. The zero-order valence-electron chi connectivity index (χ0n) is 7.22. The molecule has 0 aliphatic carbocycles. The molecule has 2 unspecified atom stereocenters. The second kappa shape index (κ2) is 3.35. The van der Waals surface area contributed by atoms with Gasteiger partial charge in [0.2, 0.25) is 0 Å². The van der Waals surface area contributed by atoms with Crippen LogP contribution >= 0.6 is 0 Å². The summed E-state index contributed by atoms with van der Waals surface area (Å²) in [4.78, 5) is 0. The lowest BCUT2D eigenvalue weighted by atomic mass is 10.2. The normalized spacial score (nSPS) is 30.9. The van der Waals surface area contributed by atoms with Crippen LogP contribution in [0.5, 0.6) is 0 Å². The van der Waals surface area contributed by atoms with Crippen LogP contribution in [0.1, 0.15) is 27.2 Å². The predicted molar refractivity (Wildman–Crippen MR) is 43.6 cm³/mol. The average Bonchev–Trinajstić information content (AvgIpc) is 2.34. The molecule has 2 heteroatoms. The van der Waals surface area contributed by atoms with Crippen LogP contribution in [0.25, 0.3) is 0 Å². The molecule has 60 valence electrons. The van der Waals surface area contributed by atoms with Crippen LogP contribution in [-0.4, -0.2) is 24.1 Å². The van der Waals surface area contributed by atoms with E-state index >= 15 is 0 Å². The van der Waals surface area contributed by atoms with Crippen molar-refractivity contribution < 1.29 is 0 Å². The molecule has 1 fully saturated rings. The van der Waals surface area contributed by atoms with E-state index in [1.165, 1.54) is 13.0 Å². The molecule has 10 heavy (non-hydrogen) atoms. The van der Waals surface area contributed by atoms with Gasteiger partial charge in [0.05, 0.1) is 0 Å². The average molecular weight is 142 g/mol. The van der Waals surface area contributed by atoms with Gasteiger partial charge in [0.1, 0.15) is 0 Å². The monoisotopic (exact) mass is 142 g/mol. The number of nitrogens with one attached hydrogen (secondary N) is 1. The fourth-order valence-electron chi connectivity index (χ4n) is 1.29. The first-order chi connectivity index (χ1) is 4.74. The Labute approximate surface area is 63.6 Å². The van der Waals surface area contributed by atoms with Crippen molar-refractivity contribution >= 4 is 0 Å². The van der Waals surface area contributed by atoms with Crippen molar-refractivity contribution in [2.24, 2.45) is 5.92 Å². The van der Waals surface area contributed by atoms with Crippen LogP contribution in [0.4, 0.5) is 0 Å². The van der Waals surface area contributed by atoms with E-state index in [1.807, 2.05) is 0 Å². The van der Waals surface area contributed by atoms with Crippen LogP contribution in [-0.2, 0) is 0 Å². The fourth-order valence-corrected chi connectivity index (χ4v) is 1.29. The first kappa shape index (κ1) is 8.02. The molecule has 0 aromatic heterocycles.